The van der Waals surface area contributed by atoms with Gasteiger partial charge in [0.05, 0.1) is 24.9 Å². The molecule has 2 saturated carbocycles. The zero-order valence-electron chi connectivity index (χ0n) is 30.5. The maximum absolute atomic E-state index is 14.4. The Labute approximate surface area is 307 Å². The molecule has 0 bridgehead atoms. The number of carbonyl (C=O) groups excluding carboxylic acids is 6. The molecule has 5 atom stereocenters. The number of likely N-dealkylation sites (N-methyl/N-ethyl adjacent to an activating group) is 1. The Hall–Kier alpha value is -4.74. The van der Waals surface area contributed by atoms with Crippen molar-refractivity contribution in [3.63, 3.8) is 0 Å². The van der Waals surface area contributed by atoms with Crippen LogP contribution in [0.4, 0.5) is 14.0 Å². The van der Waals surface area contributed by atoms with E-state index in [0.717, 1.165) is 15.9 Å². The normalized spacial score (nSPS) is 24.0. The molecule has 2 aliphatic carbocycles. The fourth-order valence-electron chi connectivity index (χ4n) is 6.75. The molecule has 3 N–H and O–H groups in total. The Morgan fingerprint density at radius 1 is 1.15 bits per heavy atom. The number of sulfonamides is 1. The van der Waals surface area contributed by atoms with Crippen molar-refractivity contribution in [2.24, 2.45) is 5.92 Å². The third-order valence-electron chi connectivity index (χ3n) is 9.84. The molecule has 0 aromatic heterocycles. The van der Waals surface area contributed by atoms with Crippen molar-refractivity contribution >= 4 is 45.8 Å². The fourth-order valence-corrected chi connectivity index (χ4v) is 8.12. The van der Waals surface area contributed by atoms with Gasteiger partial charge in [-0.2, -0.15) is 0 Å². The zero-order valence-corrected chi connectivity index (χ0v) is 31.3. The highest BCUT2D eigenvalue weighted by Crippen LogP contribution is 2.47. The van der Waals surface area contributed by atoms with Crippen LogP contribution in [0.5, 0.6) is 0 Å². The highest BCUT2D eigenvalue weighted by Gasteiger charge is 2.62. The minimum atomic E-state index is -3.94. The molecule has 53 heavy (non-hydrogen) atoms. The quantitative estimate of drug-likeness (QED) is 0.263. The van der Waals surface area contributed by atoms with E-state index in [1.807, 2.05) is 0 Å². The summed E-state index contributed by atoms with van der Waals surface area (Å²) in [7, 11) is -2.56. The number of alkyl carbamates (subject to hydrolysis) is 1. The molecule has 2 aliphatic heterocycles. The Bertz CT molecular complexity index is 1800. The predicted octanol–water partition coefficient (Wildman–Crippen LogP) is 1.68. The van der Waals surface area contributed by atoms with E-state index in [0.29, 0.717) is 30.4 Å². The summed E-state index contributed by atoms with van der Waals surface area (Å²) < 4.78 is 53.0. The van der Waals surface area contributed by atoms with Crippen LogP contribution < -0.4 is 15.4 Å². The molecular formula is C35H47FN6O10S. The lowest BCUT2D eigenvalue weighted by Crippen LogP contribution is -2.60. The summed E-state index contributed by atoms with van der Waals surface area (Å²) in [6.07, 6.45) is -0.624. The third-order valence-corrected chi connectivity index (χ3v) is 11.7. The largest absolute Gasteiger partial charge is 0.444 e. The Balaban J connectivity index is 1.40. The molecular weight excluding hydrogens is 715 g/mol. The lowest BCUT2D eigenvalue weighted by atomic mass is 10.1. The van der Waals surface area contributed by atoms with Gasteiger partial charge in [0.25, 0.3) is 5.91 Å². The number of hydrogen-bond donors (Lipinski definition) is 3. The molecule has 18 heteroatoms. The molecule has 2 heterocycles. The van der Waals surface area contributed by atoms with Gasteiger partial charge in [-0.15, -0.1) is 0 Å². The number of hydrogen-bond acceptors (Lipinski definition) is 10. The van der Waals surface area contributed by atoms with Crippen LogP contribution in [0.25, 0.3) is 0 Å². The van der Waals surface area contributed by atoms with E-state index in [1.54, 1.807) is 33.8 Å². The highest BCUT2D eigenvalue weighted by atomic mass is 32.2. The van der Waals surface area contributed by atoms with Gasteiger partial charge in [0.15, 0.2) is 0 Å². The number of fused-ring (bicyclic) bond motifs is 1. The van der Waals surface area contributed by atoms with Crippen LogP contribution in [-0.4, -0.2) is 114 Å². The second-order valence-corrected chi connectivity index (χ2v) is 17.0. The zero-order chi connectivity index (χ0) is 39.0. The van der Waals surface area contributed by atoms with Crippen molar-refractivity contribution in [3.8, 4) is 0 Å². The number of ether oxygens (including phenoxy) is 2. The lowest BCUT2D eigenvalue weighted by Gasteiger charge is -2.31. The average molecular weight is 763 g/mol. The maximum Gasteiger partial charge on any atom is 0.410 e. The Morgan fingerprint density at radius 3 is 2.43 bits per heavy atom. The van der Waals surface area contributed by atoms with Gasteiger partial charge in [-0.25, -0.2) is 22.4 Å². The molecule has 4 aliphatic rings. The van der Waals surface area contributed by atoms with Crippen LogP contribution >= 0.6 is 0 Å². The summed E-state index contributed by atoms with van der Waals surface area (Å²) in [5.74, 6) is -3.94. The number of rotatable bonds is 12. The van der Waals surface area contributed by atoms with Gasteiger partial charge in [-0.3, -0.25) is 28.8 Å². The minimum absolute atomic E-state index is 0.0501. The van der Waals surface area contributed by atoms with Crippen LogP contribution in [-0.2, 0) is 51.8 Å². The molecule has 0 unspecified atom stereocenters. The molecule has 1 saturated heterocycles. The molecule has 1 aromatic carbocycles. The maximum atomic E-state index is 14.4. The van der Waals surface area contributed by atoms with Gasteiger partial charge in [0.1, 0.15) is 35.1 Å². The fraction of sp³-hybridized carbons (Fsp3) is 0.600. The molecule has 3 fully saturated rings. The molecule has 6 amide bonds. The van der Waals surface area contributed by atoms with Gasteiger partial charge in [0, 0.05) is 25.6 Å². The second kappa shape index (κ2) is 14.9. The highest BCUT2D eigenvalue weighted by molar-refractivity contribution is 7.91. The van der Waals surface area contributed by atoms with E-state index in [-0.39, 0.29) is 39.0 Å². The number of nitrogens with one attached hydrogen (secondary N) is 3. The van der Waals surface area contributed by atoms with Crippen molar-refractivity contribution in [1.82, 2.24) is 30.1 Å². The first-order chi connectivity index (χ1) is 24.8. The Morgan fingerprint density at radius 2 is 1.85 bits per heavy atom. The summed E-state index contributed by atoms with van der Waals surface area (Å²) in [5.41, 5.74) is -1.55. The number of carbonyl (C=O) groups is 6. The summed E-state index contributed by atoms with van der Waals surface area (Å²) in [6.45, 7) is 9.44. The molecule has 16 nitrogen and oxygen atoms in total. The number of benzene rings is 1. The van der Waals surface area contributed by atoms with Crippen molar-refractivity contribution in [2.75, 3.05) is 20.1 Å². The van der Waals surface area contributed by atoms with Gasteiger partial charge in [-0.1, -0.05) is 32.1 Å². The van der Waals surface area contributed by atoms with E-state index in [1.165, 1.54) is 24.1 Å². The minimum Gasteiger partial charge on any atom is -0.444 e. The average Bonchev–Trinajstić information content (AvgIpc) is 3.97. The number of likely N-dealkylation sites (tertiary alicyclic amines) is 1. The Kier molecular flexibility index (Phi) is 11.1. The number of amides is 6. The van der Waals surface area contributed by atoms with Gasteiger partial charge in [0.2, 0.25) is 27.7 Å². The molecule has 0 spiro atoms. The van der Waals surface area contributed by atoms with Gasteiger partial charge < -0.3 is 29.9 Å². The van der Waals surface area contributed by atoms with Crippen molar-refractivity contribution in [2.45, 2.75) is 107 Å². The van der Waals surface area contributed by atoms with E-state index in [4.69, 9.17) is 9.47 Å². The monoisotopic (exact) mass is 762 g/mol. The predicted molar refractivity (Wildman–Crippen MR) is 186 cm³/mol. The molecule has 0 radical (unpaired) electrons. The van der Waals surface area contributed by atoms with Crippen LogP contribution in [0, 0.1) is 11.7 Å². The molecule has 1 aromatic rings. The first-order valence-corrected chi connectivity index (χ1v) is 19.1. The van der Waals surface area contributed by atoms with Crippen LogP contribution in [0.3, 0.4) is 0 Å². The summed E-state index contributed by atoms with van der Waals surface area (Å²) in [5, 5.41) is 4.51. The first-order valence-electron chi connectivity index (χ1n) is 17.6. The number of nitrogens with zero attached hydrogens (tertiary/aromatic N) is 3. The van der Waals surface area contributed by atoms with Gasteiger partial charge >= 0.3 is 12.2 Å². The summed E-state index contributed by atoms with van der Waals surface area (Å²) in [4.78, 5) is 84.1. The van der Waals surface area contributed by atoms with Crippen LogP contribution in [0.15, 0.2) is 30.9 Å². The SMILES string of the molecule is C=CC(=O)N(C)C[C@H](NC(=O)OC(C)(C)C)C(=O)N1C[C@H](OC(=O)N2Cc3cccc(F)c3C2)C[C@H]1C(=O)N[C@]1(C(=O)NS(=O)(=O)C2CC2)C[C@H]1CC. The van der Waals surface area contributed by atoms with E-state index in [2.05, 4.69) is 21.9 Å². The topological polar surface area (TPSA) is 201 Å². The number of halogens is 1. The molecule has 5 rings (SSSR count). The first kappa shape index (κ1) is 39.5. The van der Waals surface area contributed by atoms with Crippen LogP contribution in [0.1, 0.15) is 70.9 Å². The summed E-state index contributed by atoms with van der Waals surface area (Å²) >= 11 is 0. The van der Waals surface area contributed by atoms with Crippen molar-refractivity contribution in [3.05, 3.63) is 47.8 Å². The summed E-state index contributed by atoms with van der Waals surface area (Å²) in [6, 6.07) is 1.70. The van der Waals surface area contributed by atoms with E-state index < -0.39 is 92.2 Å². The second-order valence-electron chi connectivity index (χ2n) is 15.0. The van der Waals surface area contributed by atoms with Crippen molar-refractivity contribution < 1.29 is 51.0 Å². The van der Waals surface area contributed by atoms with Gasteiger partial charge in [-0.05, 0) is 63.7 Å². The van der Waals surface area contributed by atoms with E-state index in [9.17, 15) is 41.6 Å². The lowest BCUT2D eigenvalue weighted by molar-refractivity contribution is -0.142. The van der Waals surface area contributed by atoms with Crippen LogP contribution in [0.2, 0.25) is 0 Å². The van der Waals surface area contributed by atoms with Crippen molar-refractivity contribution in [1.29, 1.82) is 0 Å². The molecule has 290 valence electrons. The smallest absolute Gasteiger partial charge is 0.410 e. The van der Waals surface area contributed by atoms with E-state index >= 15 is 0 Å². The third kappa shape index (κ3) is 8.91. The standard InChI is InChI=1S/C35H47FN6O10S/c1-7-21-15-35(21,31(46)39-53(49,50)23-12-13-23)38-29(44)27-14-22(51-33(48)41-16-20-10-9-11-25(36)24(20)18-41)17-42(27)30(45)26(19-40(6)28(43)8-2)37-32(47)52-34(3,4)5/h8-11,21-23,26-27H,2,7,12-19H2,1,3-6H3,(H,37,47)(H,38,44)(H,39,46)/t21-,22-,26+,27+,35-/m1/s1.